The van der Waals surface area contributed by atoms with Crippen LogP contribution in [0.3, 0.4) is 0 Å². The highest BCUT2D eigenvalue weighted by Gasteiger charge is 2.42. The number of aromatic nitrogens is 2. The summed E-state index contributed by atoms with van der Waals surface area (Å²) in [5, 5.41) is 0.0427. The van der Waals surface area contributed by atoms with Gasteiger partial charge in [-0.15, -0.1) is 11.8 Å². The van der Waals surface area contributed by atoms with Crippen molar-refractivity contribution in [1.82, 2.24) is 24.3 Å². The zero-order valence-electron chi connectivity index (χ0n) is 32.8. The summed E-state index contributed by atoms with van der Waals surface area (Å²) in [6.07, 6.45) is -5.96. The van der Waals surface area contributed by atoms with Crippen LogP contribution in [0.2, 0.25) is 0 Å². The number of hydrogen-bond donors (Lipinski definition) is 0. The SMILES string of the molecule is C[C@H]1CN(c2nc(=O)n3c4c(c(-c5ccc(F)cc5F)c(C(F)(F)F)cc24)SC[C@@H]3CN2CCN(C(=O)OCc3ccccc3)CC2)[C@@H](C)CN1C(=O)OC(C)(C)C. The van der Waals surface area contributed by atoms with E-state index in [9.17, 15) is 18.8 Å². The lowest BCUT2D eigenvalue weighted by atomic mass is 9.95. The van der Waals surface area contributed by atoms with Gasteiger partial charge in [0.05, 0.1) is 17.1 Å². The lowest BCUT2D eigenvalue weighted by molar-refractivity contribution is -0.137. The molecule has 3 atom stereocenters. The number of alkyl halides is 3. The molecule has 0 saturated carbocycles. The summed E-state index contributed by atoms with van der Waals surface area (Å²) >= 11 is 1.08. The highest BCUT2D eigenvalue weighted by molar-refractivity contribution is 7.99. The van der Waals surface area contributed by atoms with Crippen LogP contribution < -0.4 is 10.6 Å². The molecule has 0 bridgehead atoms. The first-order valence-corrected chi connectivity index (χ1v) is 20.1. The van der Waals surface area contributed by atoms with Gasteiger partial charge in [0.25, 0.3) is 0 Å². The van der Waals surface area contributed by atoms with Crippen LogP contribution in [-0.2, 0) is 22.3 Å². The Morgan fingerprint density at radius 3 is 2.28 bits per heavy atom. The predicted octanol–water partition coefficient (Wildman–Crippen LogP) is 7.80. The van der Waals surface area contributed by atoms with Crippen LogP contribution in [0.25, 0.3) is 22.0 Å². The quantitative estimate of drug-likeness (QED) is 0.181. The van der Waals surface area contributed by atoms with E-state index in [0.717, 1.165) is 35.5 Å². The summed E-state index contributed by atoms with van der Waals surface area (Å²) in [7, 11) is 0. The third-order valence-corrected chi connectivity index (χ3v) is 11.9. The number of carbonyl (C=O) groups excluding carboxylic acids is 2. The maximum atomic E-state index is 15.5. The van der Waals surface area contributed by atoms with E-state index in [1.807, 2.05) is 30.3 Å². The molecule has 58 heavy (non-hydrogen) atoms. The van der Waals surface area contributed by atoms with Gasteiger partial charge in [-0.25, -0.2) is 23.2 Å². The smallest absolute Gasteiger partial charge is 0.417 e. The van der Waals surface area contributed by atoms with Gasteiger partial charge in [-0.1, -0.05) is 30.3 Å². The summed E-state index contributed by atoms with van der Waals surface area (Å²) in [5.41, 5.74) is -2.50. The number of anilines is 1. The Bertz CT molecular complexity index is 2260. The average Bonchev–Trinajstić information content (AvgIpc) is 3.16. The fraction of sp³-hybridized carbons (Fsp3) is 0.463. The first-order chi connectivity index (χ1) is 27.4. The number of halogens is 5. The molecule has 0 spiro atoms. The number of thioether (sulfide) groups is 1. The van der Waals surface area contributed by atoms with Crippen molar-refractivity contribution < 1.29 is 41.0 Å². The number of nitrogens with zero attached hydrogens (tertiary/aromatic N) is 6. The summed E-state index contributed by atoms with van der Waals surface area (Å²) in [6.45, 7) is 11.2. The molecule has 1 aromatic heterocycles. The van der Waals surface area contributed by atoms with Gasteiger partial charge in [0.1, 0.15) is 29.7 Å². The Morgan fingerprint density at radius 1 is 0.914 bits per heavy atom. The topological polar surface area (TPSA) is 100 Å². The van der Waals surface area contributed by atoms with Crippen LogP contribution in [0, 0.1) is 11.6 Å². The number of amides is 2. The molecule has 2 amide bonds. The molecule has 7 rings (SSSR count). The van der Waals surface area contributed by atoms with Crippen LogP contribution in [0.4, 0.5) is 37.4 Å². The van der Waals surface area contributed by atoms with Gasteiger partial charge >= 0.3 is 24.1 Å². The summed E-state index contributed by atoms with van der Waals surface area (Å²) in [4.78, 5) is 51.8. The zero-order chi connectivity index (χ0) is 41.7. The predicted molar refractivity (Wildman–Crippen MR) is 210 cm³/mol. The highest BCUT2D eigenvalue weighted by atomic mass is 32.2. The largest absolute Gasteiger partial charge is 0.445 e. The van der Waals surface area contributed by atoms with E-state index >= 15 is 17.6 Å². The average molecular weight is 829 g/mol. The molecule has 3 aliphatic heterocycles. The van der Waals surface area contributed by atoms with Crippen LogP contribution in [0.15, 0.2) is 64.3 Å². The number of carbonyl (C=O) groups is 2. The van der Waals surface area contributed by atoms with E-state index in [2.05, 4.69) is 9.88 Å². The minimum atomic E-state index is -4.98. The van der Waals surface area contributed by atoms with Crippen molar-refractivity contribution in [3.05, 3.63) is 87.8 Å². The third-order valence-electron chi connectivity index (χ3n) is 10.6. The van der Waals surface area contributed by atoms with Crippen molar-refractivity contribution in [3.8, 4) is 11.1 Å². The Balaban J connectivity index is 1.26. The second-order valence-corrected chi connectivity index (χ2v) is 17.0. The molecular weight excluding hydrogens is 784 g/mol. The monoisotopic (exact) mass is 828 g/mol. The second-order valence-electron chi connectivity index (χ2n) is 16.0. The number of piperazine rings is 2. The maximum Gasteiger partial charge on any atom is 0.417 e. The van der Waals surface area contributed by atoms with Gasteiger partial charge in [0, 0.05) is 91.1 Å². The van der Waals surface area contributed by atoms with Crippen molar-refractivity contribution in [1.29, 1.82) is 0 Å². The Morgan fingerprint density at radius 2 is 1.62 bits per heavy atom. The molecule has 0 N–H and O–H groups in total. The van der Waals surface area contributed by atoms with Crippen LogP contribution in [-0.4, -0.2) is 106 Å². The molecule has 3 aromatic carbocycles. The second kappa shape index (κ2) is 16.0. The van der Waals surface area contributed by atoms with Gasteiger partial charge in [0.15, 0.2) is 0 Å². The molecular formula is C41H45F5N6O5S. The van der Waals surface area contributed by atoms with Crippen LogP contribution >= 0.6 is 11.8 Å². The van der Waals surface area contributed by atoms with Crippen LogP contribution in [0.5, 0.6) is 0 Å². The van der Waals surface area contributed by atoms with Crippen molar-refractivity contribution in [2.75, 3.05) is 56.5 Å². The molecule has 2 fully saturated rings. The van der Waals surface area contributed by atoms with E-state index in [1.165, 1.54) is 4.57 Å². The van der Waals surface area contributed by atoms with E-state index in [-0.39, 0.29) is 47.1 Å². The Hall–Kier alpha value is -4.90. The number of rotatable bonds is 6. The molecule has 4 heterocycles. The van der Waals surface area contributed by atoms with Crippen molar-refractivity contribution in [2.45, 2.75) is 76.0 Å². The van der Waals surface area contributed by atoms with E-state index in [0.29, 0.717) is 38.8 Å². The van der Waals surface area contributed by atoms with Gasteiger partial charge in [0.2, 0.25) is 0 Å². The van der Waals surface area contributed by atoms with Crippen molar-refractivity contribution in [2.24, 2.45) is 0 Å². The van der Waals surface area contributed by atoms with Gasteiger partial charge < -0.3 is 24.2 Å². The number of hydrogen-bond acceptors (Lipinski definition) is 9. The van der Waals surface area contributed by atoms with Gasteiger partial charge in [-0.3, -0.25) is 9.47 Å². The molecule has 0 radical (unpaired) electrons. The number of benzene rings is 3. The van der Waals surface area contributed by atoms with Gasteiger partial charge in [-0.2, -0.15) is 18.2 Å². The summed E-state index contributed by atoms with van der Waals surface area (Å²) in [5.74, 6) is -1.95. The third kappa shape index (κ3) is 8.46. The first-order valence-electron chi connectivity index (χ1n) is 19.1. The fourth-order valence-corrected chi connectivity index (χ4v) is 9.17. The fourth-order valence-electron chi connectivity index (χ4n) is 7.85. The maximum absolute atomic E-state index is 15.5. The van der Waals surface area contributed by atoms with E-state index < -0.39 is 76.1 Å². The molecule has 4 aromatic rings. The molecule has 0 aliphatic carbocycles. The summed E-state index contributed by atoms with van der Waals surface area (Å²) in [6, 6.07) is 11.1. The van der Waals surface area contributed by atoms with Crippen molar-refractivity contribution in [3.63, 3.8) is 0 Å². The molecule has 11 nitrogen and oxygen atoms in total. The number of ether oxygens (including phenoxy) is 2. The molecule has 2 saturated heterocycles. The molecule has 3 aliphatic rings. The van der Waals surface area contributed by atoms with Crippen LogP contribution in [0.1, 0.15) is 51.8 Å². The van der Waals surface area contributed by atoms with E-state index in [1.54, 1.807) is 49.3 Å². The lowest BCUT2D eigenvalue weighted by Crippen LogP contribution is -2.59. The highest BCUT2D eigenvalue weighted by Crippen LogP contribution is 2.50. The Kier molecular flexibility index (Phi) is 11.4. The normalized spacial score (nSPS) is 20.4. The summed E-state index contributed by atoms with van der Waals surface area (Å²) < 4.78 is 87.7. The standard InChI is InChI=1S/C41H45F5N6O5S/c1-24-20-51(39(55)57-40(3,4)5)25(2)19-50(24)36-30-18-31(41(44,45)46)33(29-12-11-27(42)17-32(29)43)35-34(30)52(37(53)47-36)28(23-58-35)21-48-13-15-49(16-14-48)38(54)56-22-26-9-7-6-8-10-26/h6-12,17-18,24-25,28H,13-16,19-23H2,1-5H3/t24-,25-,28-/m0/s1. The minimum Gasteiger partial charge on any atom is -0.445 e. The zero-order valence-corrected chi connectivity index (χ0v) is 33.6. The Labute approximate surface area is 336 Å². The molecule has 17 heteroatoms. The molecule has 0 unspecified atom stereocenters. The van der Waals surface area contributed by atoms with E-state index in [4.69, 9.17) is 9.47 Å². The first kappa shape index (κ1) is 41.3. The van der Waals surface area contributed by atoms with Crippen molar-refractivity contribution >= 4 is 40.7 Å². The molecule has 310 valence electrons. The van der Waals surface area contributed by atoms with Gasteiger partial charge in [-0.05, 0) is 58.4 Å². The minimum absolute atomic E-state index is 0.0150. The lowest BCUT2D eigenvalue weighted by Gasteiger charge is -2.45.